The lowest BCUT2D eigenvalue weighted by molar-refractivity contribution is 0.0622. The fourth-order valence-electron chi connectivity index (χ4n) is 1.61. The minimum absolute atomic E-state index is 0.147. The largest absolute Gasteiger partial charge is 0.394 e. The molecule has 0 saturated carbocycles. The van der Waals surface area contributed by atoms with Gasteiger partial charge in [-0.15, -0.1) is 0 Å². The van der Waals surface area contributed by atoms with Crippen molar-refractivity contribution in [1.82, 2.24) is 0 Å². The summed E-state index contributed by atoms with van der Waals surface area (Å²) in [7, 11) is 0. The molecular formula is C12H26O2. The van der Waals surface area contributed by atoms with Gasteiger partial charge in [-0.2, -0.15) is 0 Å². The minimum Gasteiger partial charge on any atom is -0.394 e. The van der Waals surface area contributed by atoms with Gasteiger partial charge in [-0.1, -0.05) is 39.5 Å². The van der Waals surface area contributed by atoms with Crippen LogP contribution in [0.1, 0.15) is 52.4 Å². The van der Waals surface area contributed by atoms with E-state index in [0.717, 1.165) is 6.61 Å². The normalized spacial score (nSPS) is 11.1. The number of aliphatic hydroxyl groups excluding tert-OH is 1. The van der Waals surface area contributed by atoms with Crippen LogP contribution in [0.5, 0.6) is 0 Å². The predicted molar refractivity (Wildman–Crippen MR) is 60.4 cm³/mol. The summed E-state index contributed by atoms with van der Waals surface area (Å²) < 4.78 is 5.39. The highest BCUT2D eigenvalue weighted by Crippen LogP contribution is 2.16. The first-order valence-electron chi connectivity index (χ1n) is 6.03. The topological polar surface area (TPSA) is 29.5 Å². The summed E-state index contributed by atoms with van der Waals surface area (Å²) in [5, 5.41) is 8.61. The molecule has 1 N–H and O–H groups in total. The lowest BCUT2D eigenvalue weighted by Gasteiger charge is -2.15. The van der Waals surface area contributed by atoms with Crippen LogP contribution in [-0.4, -0.2) is 24.9 Å². The van der Waals surface area contributed by atoms with Gasteiger partial charge in [0.2, 0.25) is 0 Å². The molecule has 0 atom stereocenters. The summed E-state index contributed by atoms with van der Waals surface area (Å²) in [5.41, 5.74) is 0. The molecule has 0 spiro atoms. The zero-order chi connectivity index (χ0) is 10.6. The molecule has 14 heavy (non-hydrogen) atoms. The van der Waals surface area contributed by atoms with Crippen molar-refractivity contribution in [1.29, 1.82) is 0 Å². The van der Waals surface area contributed by atoms with Crippen LogP contribution in [0.2, 0.25) is 0 Å². The van der Waals surface area contributed by atoms with Crippen molar-refractivity contribution in [2.24, 2.45) is 5.92 Å². The Balaban J connectivity index is 3.49. The van der Waals surface area contributed by atoms with E-state index in [-0.39, 0.29) is 6.61 Å². The van der Waals surface area contributed by atoms with E-state index in [1.165, 1.54) is 38.5 Å². The van der Waals surface area contributed by atoms with Crippen molar-refractivity contribution in [3.63, 3.8) is 0 Å². The van der Waals surface area contributed by atoms with Crippen LogP contribution in [0, 0.1) is 5.92 Å². The van der Waals surface area contributed by atoms with Crippen molar-refractivity contribution in [2.45, 2.75) is 52.4 Å². The Labute approximate surface area is 88.7 Å². The second-order valence-electron chi connectivity index (χ2n) is 3.95. The van der Waals surface area contributed by atoms with Gasteiger partial charge in [-0.05, 0) is 18.8 Å². The van der Waals surface area contributed by atoms with Crippen molar-refractivity contribution in [3.8, 4) is 0 Å². The average molecular weight is 202 g/mol. The highest BCUT2D eigenvalue weighted by atomic mass is 16.5. The Bertz CT molecular complexity index is 96.5. The van der Waals surface area contributed by atoms with E-state index in [4.69, 9.17) is 9.84 Å². The van der Waals surface area contributed by atoms with Gasteiger partial charge in [-0.25, -0.2) is 0 Å². The molecular weight excluding hydrogens is 176 g/mol. The first kappa shape index (κ1) is 13.9. The molecule has 0 aromatic heterocycles. The van der Waals surface area contributed by atoms with Crippen LogP contribution in [0.3, 0.4) is 0 Å². The highest BCUT2D eigenvalue weighted by molar-refractivity contribution is 4.58. The fraction of sp³-hybridized carbons (Fsp3) is 1.00. The molecule has 2 heteroatoms. The maximum atomic E-state index is 8.61. The van der Waals surface area contributed by atoms with Gasteiger partial charge in [0, 0.05) is 6.61 Å². The van der Waals surface area contributed by atoms with Crippen molar-refractivity contribution in [3.05, 3.63) is 0 Å². The van der Waals surface area contributed by atoms with Gasteiger partial charge in [0.25, 0.3) is 0 Å². The summed E-state index contributed by atoms with van der Waals surface area (Å²) in [5.74, 6) is 0.710. The molecule has 0 aromatic carbocycles. The van der Waals surface area contributed by atoms with Crippen LogP contribution in [0.25, 0.3) is 0 Å². The Hall–Kier alpha value is -0.0800. The molecule has 0 unspecified atom stereocenters. The Morgan fingerprint density at radius 2 is 1.64 bits per heavy atom. The molecule has 0 radical (unpaired) electrons. The lowest BCUT2D eigenvalue weighted by Crippen LogP contribution is -2.12. The quantitative estimate of drug-likeness (QED) is 0.552. The van der Waals surface area contributed by atoms with Gasteiger partial charge >= 0.3 is 0 Å². The van der Waals surface area contributed by atoms with Crippen molar-refractivity contribution in [2.75, 3.05) is 19.8 Å². The number of aliphatic hydroxyl groups is 1. The van der Waals surface area contributed by atoms with Gasteiger partial charge in [0.1, 0.15) is 0 Å². The summed E-state index contributed by atoms with van der Waals surface area (Å²) in [6, 6.07) is 0. The third kappa shape index (κ3) is 8.52. The smallest absolute Gasteiger partial charge is 0.0697 e. The monoisotopic (exact) mass is 202 g/mol. The zero-order valence-electron chi connectivity index (χ0n) is 9.80. The van der Waals surface area contributed by atoms with Crippen LogP contribution in [0.4, 0.5) is 0 Å². The van der Waals surface area contributed by atoms with Crippen molar-refractivity contribution < 1.29 is 9.84 Å². The average Bonchev–Trinajstić information content (AvgIpc) is 2.21. The van der Waals surface area contributed by atoms with Gasteiger partial charge in [0.15, 0.2) is 0 Å². The molecule has 0 amide bonds. The van der Waals surface area contributed by atoms with Crippen LogP contribution in [0.15, 0.2) is 0 Å². The summed E-state index contributed by atoms with van der Waals surface area (Å²) in [6.07, 6.45) is 7.70. The minimum atomic E-state index is 0.147. The third-order valence-electron chi connectivity index (χ3n) is 2.52. The second-order valence-corrected chi connectivity index (χ2v) is 3.95. The van der Waals surface area contributed by atoms with Crippen molar-refractivity contribution >= 4 is 0 Å². The number of rotatable bonds is 10. The zero-order valence-corrected chi connectivity index (χ0v) is 9.80. The molecule has 0 saturated heterocycles. The lowest BCUT2D eigenvalue weighted by atomic mass is 9.97. The molecule has 2 nitrogen and oxygen atoms in total. The molecule has 0 fully saturated rings. The molecule has 86 valence electrons. The van der Waals surface area contributed by atoms with E-state index >= 15 is 0 Å². The Kier molecular flexibility index (Phi) is 10.9. The molecule has 0 aromatic rings. The molecule has 0 heterocycles. The Morgan fingerprint density at radius 1 is 1.07 bits per heavy atom. The third-order valence-corrected chi connectivity index (χ3v) is 2.52. The highest BCUT2D eigenvalue weighted by Gasteiger charge is 2.07. The SMILES string of the molecule is CCCCC(CCCC)COCCO. The Morgan fingerprint density at radius 3 is 2.07 bits per heavy atom. The number of hydrogen-bond donors (Lipinski definition) is 1. The van der Waals surface area contributed by atoms with Gasteiger partial charge in [-0.3, -0.25) is 0 Å². The molecule has 0 aliphatic rings. The summed E-state index contributed by atoms with van der Waals surface area (Å²) in [4.78, 5) is 0. The van der Waals surface area contributed by atoms with E-state index in [0.29, 0.717) is 12.5 Å². The van der Waals surface area contributed by atoms with E-state index in [9.17, 15) is 0 Å². The molecule has 0 bridgehead atoms. The predicted octanol–water partition coefficient (Wildman–Crippen LogP) is 2.99. The summed E-state index contributed by atoms with van der Waals surface area (Å²) >= 11 is 0. The van der Waals surface area contributed by atoms with E-state index in [2.05, 4.69) is 13.8 Å². The van der Waals surface area contributed by atoms with Crippen LogP contribution >= 0.6 is 0 Å². The summed E-state index contributed by atoms with van der Waals surface area (Å²) in [6.45, 7) is 5.93. The maximum absolute atomic E-state index is 8.61. The van der Waals surface area contributed by atoms with E-state index < -0.39 is 0 Å². The number of ether oxygens (including phenoxy) is 1. The fourth-order valence-corrected chi connectivity index (χ4v) is 1.61. The molecule has 0 rings (SSSR count). The van der Waals surface area contributed by atoms with Gasteiger partial charge < -0.3 is 9.84 Å². The van der Waals surface area contributed by atoms with E-state index in [1.807, 2.05) is 0 Å². The number of unbranched alkanes of at least 4 members (excludes halogenated alkanes) is 2. The maximum Gasteiger partial charge on any atom is 0.0697 e. The number of hydrogen-bond acceptors (Lipinski definition) is 2. The first-order chi connectivity index (χ1) is 6.85. The first-order valence-corrected chi connectivity index (χ1v) is 6.03. The molecule has 0 aliphatic carbocycles. The standard InChI is InChI=1S/C12H26O2/c1-3-5-7-12(8-6-4-2)11-14-10-9-13/h12-13H,3-11H2,1-2H3. The van der Waals surface area contributed by atoms with Crippen LogP contribution in [-0.2, 0) is 4.74 Å². The molecule has 0 aliphatic heterocycles. The van der Waals surface area contributed by atoms with Gasteiger partial charge in [0.05, 0.1) is 13.2 Å². The van der Waals surface area contributed by atoms with Crippen LogP contribution < -0.4 is 0 Å². The second kappa shape index (κ2) is 11.0. The van der Waals surface area contributed by atoms with E-state index in [1.54, 1.807) is 0 Å².